The highest BCUT2D eigenvalue weighted by molar-refractivity contribution is 5.98. The third-order valence-electron chi connectivity index (χ3n) is 2.11. The monoisotopic (exact) mass is 268 g/mol. The number of benzene rings is 1. The zero-order valence-electron chi connectivity index (χ0n) is 11.0. The van der Waals surface area contributed by atoms with Gasteiger partial charge >= 0.3 is 6.03 Å². The number of halogens is 1. The summed E-state index contributed by atoms with van der Waals surface area (Å²) in [5.74, 6) is -0.877. The molecule has 0 aliphatic carbocycles. The van der Waals surface area contributed by atoms with Crippen molar-refractivity contribution in [1.82, 2.24) is 5.32 Å². The first-order valence-corrected chi connectivity index (χ1v) is 5.59. The SMILES string of the molecule is CC(C)(C)NC(=O)Nc1ccc(/C(N)=N/O)cc1F. The van der Waals surface area contributed by atoms with Crippen LogP contribution < -0.4 is 16.4 Å². The van der Waals surface area contributed by atoms with Crippen LogP contribution in [0.2, 0.25) is 0 Å². The third-order valence-corrected chi connectivity index (χ3v) is 2.11. The lowest BCUT2D eigenvalue weighted by atomic mass is 10.1. The molecule has 0 unspecified atom stereocenters. The molecular formula is C12H17FN4O2. The van der Waals surface area contributed by atoms with Crippen LogP contribution >= 0.6 is 0 Å². The van der Waals surface area contributed by atoms with Gasteiger partial charge in [-0.15, -0.1) is 0 Å². The number of oxime groups is 1. The van der Waals surface area contributed by atoms with Gasteiger partial charge in [0.05, 0.1) is 5.69 Å². The predicted molar refractivity (Wildman–Crippen MR) is 70.8 cm³/mol. The first-order chi connectivity index (χ1) is 8.73. The summed E-state index contributed by atoms with van der Waals surface area (Å²) >= 11 is 0. The van der Waals surface area contributed by atoms with Gasteiger partial charge in [0.2, 0.25) is 0 Å². The van der Waals surface area contributed by atoms with Gasteiger partial charge in [-0.25, -0.2) is 9.18 Å². The third kappa shape index (κ3) is 4.46. The van der Waals surface area contributed by atoms with E-state index in [2.05, 4.69) is 15.8 Å². The molecule has 0 radical (unpaired) electrons. The molecule has 0 aliphatic rings. The molecule has 0 fully saturated rings. The lowest BCUT2D eigenvalue weighted by Gasteiger charge is -2.20. The molecule has 104 valence electrons. The molecule has 0 saturated heterocycles. The van der Waals surface area contributed by atoms with E-state index in [1.807, 2.05) is 20.8 Å². The molecular weight excluding hydrogens is 251 g/mol. The van der Waals surface area contributed by atoms with E-state index in [0.29, 0.717) is 0 Å². The number of anilines is 1. The Morgan fingerprint density at radius 3 is 2.53 bits per heavy atom. The number of hydrogen-bond donors (Lipinski definition) is 4. The van der Waals surface area contributed by atoms with Crippen molar-refractivity contribution < 1.29 is 14.4 Å². The quantitative estimate of drug-likeness (QED) is 0.285. The fourth-order valence-electron chi connectivity index (χ4n) is 1.33. The van der Waals surface area contributed by atoms with E-state index < -0.39 is 17.4 Å². The Kier molecular flexibility index (Phi) is 4.31. The van der Waals surface area contributed by atoms with E-state index in [0.717, 1.165) is 6.07 Å². The summed E-state index contributed by atoms with van der Waals surface area (Å²) in [5, 5.41) is 16.3. The molecule has 0 aliphatic heterocycles. The molecule has 7 heteroatoms. The fourth-order valence-corrected chi connectivity index (χ4v) is 1.33. The molecule has 0 bridgehead atoms. The number of urea groups is 1. The molecule has 5 N–H and O–H groups in total. The van der Waals surface area contributed by atoms with Crippen molar-refractivity contribution in [2.75, 3.05) is 5.32 Å². The summed E-state index contributed by atoms with van der Waals surface area (Å²) in [6.07, 6.45) is 0. The number of nitrogens with two attached hydrogens (primary N) is 1. The predicted octanol–water partition coefficient (Wildman–Crippen LogP) is 1.84. The Balaban J connectivity index is 2.84. The maximum absolute atomic E-state index is 13.7. The van der Waals surface area contributed by atoms with Crippen LogP contribution in [-0.2, 0) is 0 Å². The fraction of sp³-hybridized carbons (Fsp3) is 0.333. The summed E-state index contributed by atoms with van der Waals surface area (Å²) in [4.78, 5) is 11.6. The number of amidine groups is 1. The van der Waals surface area contributed by atoms with E-state index in [9.17, 15) is 9.18 Å². The van der Waals surface area contributed by atoms with Gasteiger partial charge in [-0.2, -0.15) is 0 Å². The van der Waals surface area contributed by atoms with Crippen LogP contribution in [0.15, 0.2) is 23.4 Å². The second-order valence-corrected chi connectivity index (χ2v) is 5.01. The van der Waals surface area contributed by atoms with Crippen molar-refractivity contribution in [2.45, 2.75) is 26.3 Å². The van der Waals surface area contributed by atoms with E-state index >= 15 is 0 Å². The lowest BCUT2D eigenvalue weighted by Crippen LogP contribution is -2.43. The average Bonchev–Trinajstić information content (AvgIpc) is 2.28. The number of nitrogens with zero attached hydrogens (tertiary/aromatic N) is 1. The zero-order chi connectivity index (χ0) is 14.6. The molecule has 0 atom stereocenters. The Morgan fingerprint density at radius 2 is 2.05 bits per heavy atom. The molecule has 1 aromatic rings. The van der Waals surface area contributed by atoms with Crippen LogP contribution in [0.25, 0.3) is 0 Å². The van der Waals surface area contributed by atoms with Gasteiger partial charge in [-0.3, -0.25) is 0 Å². The summed E-state index contributed by atoms with van der Waals surface area (Å²) in [5.41, 5.74) is 5.14. The molecule has 0 spiro atoms. The van der Waals surface area contributed by atoms with Gasteiger partial charge in [-0.05, 0) is 39.0 Å². The highest BCUT2D eigenvalue weighted by Gasteiger charge is 2.15. The smallest absolute Gasteiger partial charge is 0.319 e. The van der Waals surface area contributed by atoms with Crippen LogP contribution in [0.3, 0.4) is 0 Å². The molecule has 6 nitrogen and oxygen atoms in total. The molecule has 2 amide bonds. The first kappa shape index (κ1) is 14.7. The maximum Gasteiger partial charge on any atom is 0.319 e. The number of hydrogen-bond acceptors (Lipinski definition) is 3. The summed E-state index contributed by atoms with van der Waals surface area (Å²) < 4.78 is 13.7. The second kappa shape index (κ2) is 5.55. The van der Waals surface area contributed by atoms with E-state index in [4.69, 9.17) is 10.9 Å². The van der Waals surface area contributed by atoms with E-state index in [1.165, 1.54) is 12.1 Å². The second-order valence-electron chi connectivity index (χ2n) is 5.01. The Labute approximate surface area is 110 Å². The van der Waals surface area contributed by atoms with Gasteiger partial charge in [-0.1, -0.05) is 5.16 Å². The summed E-state index contributed by atoms with van der Waals surface area (Å²) in [7, 11) is 0. The minimum atomic E-state index is -0.673. The highest BCUT2D eigenvalue weighted by Crippen LogP contribution is 2.16. The number of nitrogens with one attached hydrogen (secondary N) is 2. The van der Waals surface area contributed by atoms with Gasteiger partial charge < -0.3 is 21.6 Å². The van der Waals surface area contributed by atoms with Crippen LogP contribution in [0.1, 0.15) is 26.3 Å². The van der Waals surface area contributed by atoms with Gasteiger partial charge in [0.25, 0.3) is 0 Å². The molecule has 0 aromatic heterocycles. The van der Waals surface area contributed by atoms with Gasteiger partial charge in [0.1, 0.15) is 5.82 Å². The highest BCUT2D eigenvalue weighted by atomic mass is 19.1. The molecule has 0 heterocycles. The van der Waals surface area contributed by atoms with Crippen molar-refractivity contribution in [3.8, 4) is 0 Å². The van der Waals surface area contributed by atoms with E-state index in [-0.39, 0.29) is 17.1 Å². The number of carbonyl (C=O) groups is 1. The average molecular weight is 268 g/mol. The number of rotatable bonds is 2. The normalized spacial score (nSPS) is 12.1. The first-order valence-electron chi connectivity index (χ1n) is 5.59. The molecule has 1 aromatic carbocycles. The van der Waals surface area contributed by atoms with Crippen LogP contribution in [0.5, 0.6) is 0 Å². The zero-order valence-corrected chi connectivity index (χ0v) is 11.0. The van der Waals surface area contributed by atoms with Crippen molar-refractivity contribution in [1.29, 1.82) is 0 Å². The van der Waals surface area contributed by atoms with Crippen LogP contribution in [0, 0.1) is 5.82 Å². The van der Waals surface area contributed by atoms with Crippen molar-refractivity contribution in [2.24, 2.45) is 10.9 Å². The lowest BCUT2D eigenvalue weighted by molar-refractivity contribution is 0.243. The largest absolute Gasteiger partial charge is 0.409 e. The summed E-state index contributed by atoms with van der Waals surface area (Å²) in [6, 6.07) is 3.33. The van der Waals surface area contributed by atoms with Crippen molar-refractivity contribution in [3.63, 3.8) is 0 Å². The van der Waals surface area contributed by atoms with Crippen molar-refractivity contribution >= 4 is 17.6 Å². The van der Waals surface area contributed by atoms with Crippen molar-refractivity contribution in [3.05, 3.63) is 29.6 Å². The Bertz CT molecular complexity index is 509. The number of amides is 2. The summed E-state index contributed by atoms with van der Waals surface area (Å²) in [6.45, 7) is 5.43. The van der Waals surface area contributed by atoms with Crippen LogP contribution in [-0.4, -0.2) is 22.6 Å². The minimum Gasteiger partial charge on any atom is -0.409 e. The maximum atomic E-state index is 13.7. The van der Waals surface area contributed by atoms with E-state index in [1.54, 1.807) is 0 Å². The number of carbonyl (C=O) groups excluding carboxylic acids is 1. The minimum absolute atomic E-state index is 0.0104. The Hall–Kier alpha value is -2.31. The standard InChI is InChI=1S/C12H17FN4O2/c1-12(2,3)16-11(18)15-9-5-4-7(6-8(9)13)10(14)17-19/h4-6,19H,1-3H3,(H2,14,17)(H2,15,16,18). The molecule has 1 rings (SSSR count). The molecule has 0 saturated carbocycles. The van der Waals surface area contributed by atoms with Gasteiger partial charge in [0, 0.05) is 11.1 Å². The van der Waals surface area contributed by atoms with Crippen LogP contribution in [0.4, 0.5) is 14.9 Å². The Morgan fingerprint density at radius 1 is 1.42 bits per heavy atom. The topological polar surface area (TPSA) is 99.7 Å². The molecule has 19 heavy (non-hydrogen) atoms. The van der Waals surface area contributed by atoms with Gasteiger partial charge in [0.15, 0.2) is 5.84 Å².